The number of phenols is 1. The van der Waals surface area contributed by atoms with E-state index in [-0.39, 0.29) is 12.4 Å². The fourth-order valence-electron chi connectivity index (χ4n) is 4.49. The number of aliphatic hydroxyl groups excluding tert-OH is 1. The maximum absolute atomic E-state index is 9.83. The third kappa shape index (κ3) is 6.25. The highest BCUT2D eigenvalue weighted by molar-refractivity contribution is 5.98. The van der Waals surface area contributed by atoms with E-state index < -0.39 is 0 Å². The number of nitrogens with one attached hydrogen (secondary N) is 1. The van der Waals surface area contributed by atoms with Crippen molar-refractivity contribution in [1.82, 2.24) is 5.32 Å². The van der Waals surface area contributed by atoms with Gasteiger partial charge in [0.2, 0.25) is 0 Å². The molecule has 0 saturated carbocycles. The summed E-state index contributed by atoms with van der Waals surface area (Å²) < 4.78 is 6.01. The molecule has 172 valence electrons. The number of benzene rings is 3. The van der Waals surface area contributed by atoms with Crippen LogP contribution in [-0.2, 0) is 0 Å². The van der Waals surface area contributed by atoms with E-state index in [4.69, 9.17) is 4.74 Å². The molecule has 4 nitrogen and oxygen atoms in total. The van der Waals surface area contributed by atoms with Crippen molar-refractivity contribution >= 4 is 11.1 Å². The van der Waals surface area contributed by atoms with Gasteiger partial charge in [-0.15, -0.1) is 0 Å². The minimum Gasteiger partial charge on any atom is -0.508 e. The zero-order valence-electron chi connectivity index (χ0n) is 19.0. The number of hydrogen-bond acceptors (Lipinski definition) is 4. The van der Waals surface area contributed by atoms with Crippen LogP contribution in [0.5, 0.6) is 11.5 Å². The minimum atomic E-state index is 0.141. The lowest BCUT2D eigenvalue weighted by Gasteiger charge is -2.18. The Bertz CT molecular complexity index is 1020. The van der Waals surface area contributed by atoms with Crippen LogP contribution in [0.2, 0.25) is 0 Å². The van der Waals surface area contributed by atoms with E-state index in [9.17, 15) is 10.2 Å². The number of ether oxygens (including phenoxy) is 1. The third-order valence-corrected chi connectivity index (χ3v) is 6.21. The third-order valence-electron chi connectivity index (χ3n) is 6.21. The van der Waals surface area contributed by atoms with Crippen molar-refractivity contribution in [3.8, 4) is 11.5 Å². The zero-order chi connectivity index (χ0) is 22.9. The lowest BCUT2D eigenvalue weighted by molar-refractivity contribution is 0.290. The number of hydrogen-bond donors (Lipinski definition) is 3. The molecule has 1 saturated heterocycles. The number of rotatable bonds is 10. The summed E-state index contributed by atoms with van der Waals surface area (Å²) in [6, 6.07) is 26.5. The predicted octanol–water partition coefficient (Wildman–Crippen LogP) is 5.64. The minimum absolute atomic E-state index is 0.141. The molecule has 3 N–H and O–H groups in total. The molecule has 1 aliphatic heterocycles. The van der Waals surface area contributed by atoms with E-state index in [1.54, 1.807) is 12.1 Å². The highest BCUT2D eigenvalue weighted by Gasteiger charge is 2.16. The molecule has 0 radical (unpaired) electrons. The molecule has 3 aromatic carbocycles. The predicted molar refractivity (Wildman–Crippen MR) is 134 cm³/mol. The summed E-state index contributed by atoms with van der Waals surface area (Å²) in [5.41, 5.74) is 5.54. The molecule has 0 amide bonds. The summed E-state index contributed by atoms with van der Waals surface area (Å²) in [6.45, 7) is 1.97. The Morgan fingerprint density at radius 2 is 1.58 bits per heavy atom. The first kappa shape index (κ1) is 23.1. The van der Waals surface area contributed by atoms with Gasteiger partial charge in [-0.25, -0.2) is 0 Å². The molecule has 0 bridgehead atoms. The average molecular weight is 444 g/mol. The molecule has 3 aromatic rings. The van der Waals surface area contributed by atoms with Crippen molar-refractivity contribution in [2.75, 3.05) is 19.8 Å². The van der Waals surface area contributed by atoms with E-state index in [0.29, 0.717) is 19.1 Å². The molecule has 1 fully saturated rings. The van der Waals surface area contributed by atoms with E-state index in [1.807, 2.05) is 42.5 Å². The van der Waals surface area contributed by atoms with E-state index in [1.165, 1.54) is 18.4 Å². The van der Waals surface area contributed by atoms with Gasteiger partial charge < -0.3 is 20.3 Å². The van der Waals surface area contributed by atoms with Crippen LogP contribution >= 0.6 is 0 Å². The lowest BCUT2D eigenvalue weighted by atomic mass is 9.87. The van der Waals surface area contributed by atoms with Gasteiger partial charge in [0.05, 0.1) is 6.61 Å². The molecular weight excluding hydrogens is 410 g/mol. The largest absolute Gasteiger partial charge is 0.508 e. The highest BCUT2D eigenvalue weighted by atomic mass is 16.5. The number of phenolic OH excluding ortho intramolecular Hbond substituents is 1. The second-order valence-electron chi connectivity index (χ2n) is 8.55. The van der Waals surface area contributed by atoms with Crippen LogP contribution in [-0.4, -0.2) is 36.0 Å². The van der Waals surface area contributed by atoms with Crippen LogP contribution in [0.4, 0.5) is 0 Å². The van der Waals surface area contributed by atoms with Crippen LogP contribution in [0.15, 0.2) is 78.9 Å². The summed E-state index contributed by atoms with van der Waals surface area (Å²) >= 11 is 0. The lowest BCUT2D eigenvalue weighted by Crippen LogP contribution is -2.23. The molecule has 4 rings (SSSR count). The maximum atomic E-state index is 9.83. The summed E-state index contributed by atoms with van der Waals surface area (Å²) in [5, 5.41) is 22.9. The number of aromatic hydroxyl groups is 1. The first-order valence-corrected chi connectivity index (χ1v) is 11.9. The summed E-state index contributed by atoms with van der Waals surface area (Å²) in [5.74, 6) is 1.12. The average Bonchev–Trinajstić information content (AvgIpc) is 3.37. The Balaban J connectivity index is 1.65. The molecular formula is C29H33NO3. The van der Waals surface area contributed by atoms with Crippen LogP contribution in [0, 0.1) is 0 Å². The first-order valence-electron chi connectivity index (χ1n) is 11.9. The smallest absolute Gasteiger partial charge is 0.119 e. The monoisotopic (exact) mass is 443 g/mol. The van der Waals surface area contributed by atoms with Gasteiger partial charge in [-0.3, -0.25) is 0 Å². The Morgan fingerprint density at radius 1 is 0.879 bits per heavy atom. The van der Waals surface area contributed by atoms with Gasteiger partial charge in [-0.05, 0) is 90.8 Å². The van der Waals surface area contributed by atoms with Gasteiger partial charge in [0, 0.05) is 12.6 Å². The molecule has 0 aliphatic carbocycles. The van der Waals surface area contributed by atoms with Gasteiger partial charge in [-0.2, -0.15) is 0 Å². The fraction of sp³-hybridized carbons (Fsp3) is 0.310. The van der Waals surface area contributed by atoms with Gasteiger partial charge in [-0.1, -0.05) is 54.6 Å². The molecule has 4 heteroatoms. The topological polar surface area (TPSA) is 61.7 Å². The molecule has 0 spiro atoms. The first-order chi connectivity index (χ1) is 16.2. The molecule has 1 aliphatic rings. The fourth-order valence-corrected chi connectivity index (χ4v) is 4.49. The Labute approximate surface area is 196 Å². The van der Waals surface area contributed by atoms with Crippen molar-refractivity contribution in [3.63, 3.8) is 0 Å². The van der Waals surface area contributed by atoms with E-state index in [0.717, 1.165) is 47.4 Å². The van der Waals surface area contributed by atoms with Gasteiger partial charge in [0.15, 0.2) is 0 Å². The standard InChI is InChI=1S/C29H33NO3/c31-20-5-9-28(22-6-2-1-3-7-22)29(23-10-14-26(32)15-11-23)24-12-16-27(17-13-24)33-21-18-25-8-4-19-30-25/h1-3,6-7,10-17,25,30-32H,4-5,8-9,18-21H2/b29-28-. The number of allylic oxidation sites excluding steroid dienone is 1. The summed E-state index contributed by atoms with van der Waals surface area (Å²) in [6.07, 6.45) is 4.95. The second kappa shape index (κ2) is 11.7. The Kier molecular flexibility index (Phi) is 8.18. The highest BCUT2D eigenvalue weighted by Crippen LogP contribution is 2.36. The Hall–Kier alpha value is -3.08. The zero-order valence-corrected chi connectivity index (χ0v) is 19.0. The van der Waals surface area contributed by atoms with Crippen LogP contribution in [0.25, 0.3) is 11.1 Å². The molecule has 1 atom stereocenters. The van der Waals surface area contributed by atoms with Crippen molar-refractivity contribution < 1.29 is 14.9 Å². The SMILES string of the molecule is OCCC/C(=C(\c1ccc(O)cc1)c1ccc(OCCC2CCCN2)cc1)c1ccccc1. The Morgan fingerprint density at radius 3 is 2.21 bits per heavy atom. The van der Waals surface area contributed by atoms with Gasteiger partial charge in [0.25, 0.3) is 0 Å². The van der Waals surface area contributed by atoms with Crippen LogP contribution < -0.4 is 10.1 Å². The van der Waals surface area contributed by atoms with Gasteiger partial charge >= 0.3 is 0 Å². The van der Waals surface area contributed by atoms with Crippen molar-refractivity contribution in [3.05, 3.63) is 95.6 Å². The van der Waals surface area contributed by atoms with E-state index in [2.05, 4.69) is 29.6 Å². The maximum Gasteiger partial charge on any atom is 0.119 e. The molecule has 1 heterocycles. The van der Waals surface area contributed by atoms with Crippen LogP contribution in [0.1, 0.15) is 48.8 Å². The van der Waals surface area contributed by atoms with E-state index >= 15 is 0 Å². The van der Waals surface area contributed by atoms with Crippen molar-refractivity contribution in [1.29, 1.82) is 0 Å². The quantitative estimate of drug-likeness (QED) is 0.355. The summed E-state index contributed by atoms with van der Waals surface area (Å²) in [7, 11) is 0. The van der Waals surface area contributed by atoms with Crippen molar-refractivity contribution in [2.24, 2.45) is 0 Å². The normalized spacial score (nSPS) is 16.5. The molecule has 0 aromatic heterocycles. The number of aliphatic hydroxyl groups is 1. The molecule has 33 heavy (non-hydrogen) atoms. The van der Waals surface area contributed by atoms with Gasteiger partial charge in [0.1, 0.15) is 11.5 Å². The summed E-state index contributed by atoms with van der Waals surface area (Å²) in [4.78, 5) is 0. The van der Waals surface area contributed by atoms with Crippen molar-refractivity contribution in [2.45, 2.75) is 38.1 Å². The molecule has 1 unspecified atom stereocenters. The van der Waals surface area contributed by atoms with Crippen LogP contribution in [0.3, 0.4) is 0 Å². The second-order valence-corrected chi connectivity index (χ2v) is 8.55.